The fraction of sp³-hybridized carbons (Fsp3) is 0.294. The second-order valence-electron chi connectivity index (χ2n) is 5.44. The number of rotatable bonds is 7. The van der Waals surface area contributed by atoms with E-state index in [9.17, 15) is 10.1 Å². The number of benzene rings is 2. The van der Waals surface area contributed by atoms with E-state index in [4.69, 9.17) is 5.11 Å². The Morgan fingerprint density at radius 2 is 1.96 bits per heavy atom. The van der Waals surface area contributed by atoms with Crippen LogP contribution in [0.1, 0.15) is 18.1 Å². The third-order valence-electron chi connectivity index (χ3n) is 3.40. The van der Waals surface area contributed by atoms with Gasteiger partial charge in [-0.3, -0.25) is 10.1 Å². The highest BCUT2D eigenvalue weighted by Gasteiger charge is 2.16. The van der Waals surface area contributed by atoms with Crippen LogP contribution in [0.4, 0.5) is 5.69 Å². The van der Waals surface area contributed by atoms with Crippen molar-refractivity contribution in [3.63, 3.8) is 0 Å². The lowest BCUT2D eigenvalue weighted by Gasteiger charge is -2.11. The summed E-state index contributed by atoms with van der Waals surface area (Å²) in [6.45, 7) is 4.38. The molecule has 1 atom stereocenters. The molecule has 0 fully saturated rings. The molecule has 0 radical (unpaired) electrons. The number of hydrogen-bond donors (Lipinski definition) is 2. The Kier molecular flexibility index (Phi) is 6.15. The second-order valence-corrected chi connectivity index (χ2v) is 6.55. The molecule has 0 unspecified atom stereocenters. The highest BCUT2D eigenvalue weighted by molar-refractivity contribution is 7.99. The summed E-state index contributed by atoms with van der Waals surface area (Å²) in [5, 5.41) is 23.5. The van der Waals surface area contributed by atoms with E-state index in [1.54, 1.807) is 12.1 Å². The van der Waals surface area contributed by atoms with Gasteiger partial charge in [-0.25, -0.2) is 0 Å². The molecule has 2 aromatic rings. The Labute approximate surface area is 139 Å². The van der Waals surface area contributed by atoms with Crippen molar-refractivity contribution in [1.29, 1.82) is 0 Å². The summed E-state index contributed by atoms with van der Waals surface area (Å²) in [7, 11) is 0. The Bertz CT molecular complexity index is 674. The summed E-state index contributed by atoms with van der Waals surface area (Å²) in [5.41, 5.74) is 2.08. The zero-order chi connectivity index (χ0) is 16.8. The van der Waals surface area contributed by atoms with Crippen LogP contribution >= 0.6 is 11.8 Å². The number of aliphatic hydroxyl groups excluding tert-OH is 1. The smallest absolute Gasteiger partial charge is 0.283 e. The van der Waals surface area contributed by atoms with Crippen LogP contribution in [0.2, 0.25) is 0 Å². The lowest BCUT2D eigenvalue weighted by Crippen LogP contribution is -2.28. The number of nitro benzene ring substituents is 1. The van der Waals surface area contributed by atoms with Crippen molar-refractivity contribution in [2.24, 2.45) is 0 Å². The van der Waals surface area contributed by atoms with E-state index in [0.717, 1.165) is 16.0 Å². The molecule has 0 spiro atoms. The molecule has 0 heterocycles. The predicted octanol–water partition coefficient (Wildman–Crippen LogP) is 3.52. The molecule has 0 aliphatic heterocycles. The van der Waals surface area contributed by atoms with E-state index in [0.29, 0.717) is 11.4 Å². The van der Waals surface area contributed by atoms with Gasteiger partial charge in [-0.15, -0.1) is 0 Å². The number of nitro groups is 1. The molecule has 23 heavy (non-hydrogen) atoms. The molecule has 0 bridgehead atoms. The van der Waals surface area contributed by atoms with E-state index in [2.05, 4.69) is 5.32 Å². The van der Waals surface area contributed by atoms with Gasteiger partial charge >= 0.3 is 0 Å². The standard InChI is InChI=1S/C17H20N2O3S/c1-12-3-6-15(7-4-12)23-17-8-5-14(9-16(17)19(21)22)10-18-13(2)11-20/h3-9,13,18,20H,10-11H2,1-2H3/t13-/m1/s1. The molecular weight excluding hydrogens is 312 g/mol. The van der Waals surface area contributed by atoms with Crippen LogP contribution < -0.4 is 5.32 Å². The van der Waals surface area contributed by atoms with E-state index >= 15 is 0 Å². The van der Waals surface area contributed by atoms with Crippen molar-refractivity contribution in [3.8, 4) is 0 Å². The third kappa shape index (κ3) is 5.06. The summed E-state index contributed by atoms with van der Waals surface area (Å²) in [6, 6.07) is 13.1. The van der Waals surface area contributed by atoms with Crippen molar-refractivity contribution >= 4 is 17.4 Å². The van der Waals surface area contributed by atoms with Crippen LogP contribution in [-0.4, -0.2) is 22.7 Å². The van der Waals surface area contributed by atoms with E-state index in [1.807, 2.05) is 44.2 Å². The lowest BCUT2D eigenvalue weighted by atomic mass is 10.2. The number of nitrogens with zero attached hydrogens (tertiary/aromatic N) is 1. The van der Waals surface area contributed by atoms with Gasteiger partial charge in [0, 0.05) is 23.5 Å². The van der Waals surface area contributed by atoms with Gasteiger partial charge in [-0.1, -0.05) is 35.5 Å². The Morgan fingerprint density at radius 3 is 2.57 bits per heavy atom. The monoisotopic (exact) mass is 332 g/mol. The molecule has 2 rings (SSSR count). The molecule has 0 saturated heterocycles. The number of aliphatic hydroxyl groups is 1. The number of nitrogens with one attached hydrogen (secondary N) is 1. The fourth-order valence-corrected chi connectivity index (χ4v) is 2.89. The first-order chi connectivity index (χ1) is 11.0. The summed E-state index contributed by atoms with van der Waals surface area (Å²) in [4.78, 5) is 12.6. The summed E-state index contributed by atoms with van der Waals surface area (Å²) >= 11 is 1.39. The molecule has 122 valence electrons. The first kappa shape index (κ1) is 17.5. The molecule has 0 aromatic heterocycles. The largest absolute Gasteiger partial charge is 0.395 e. The van der Waals surface area contributed by atoms with Crippen LogP contribution in [0.15, 0.2) is 52.3 Å². The maximum atomic E-state index is 11.3. The molecule has 0 aliphatic carbocycles. The van der Waals surface area contributed by atoms with Crippen LogP contribution in [0, 0.1) is 17.0 Å². The normalized spacial score (nSPS) is 12.1. The van der Waals surface area contributed by atoms with Crippen LogP contribution in [0.25, 0.3) is 0 Å². The Hall–Kier alpha value is -1.89. The minimum atomic E-state index is -0.352. The first-order valence-corrected chi connectivity index (χ1v) is 8.17. The van der Waals surface area contributed by atoms with Gasteiger partial charge in [0.1, 0.15) is 0 Å². The van der Waals surface area contributed by atoms with Crippen LogP contribution in [0.3, 0.4) is 0 Å². The zero-order valence-electron chi connectivity index (χ0n) is 13.2. The van der Waals surface area contributed by atoms with Crippen molar-refractivity contribution in [1.82, 2.24) is 5.32 Å². The number of aryl methyl sites for hydroxylation is 1. The molecular formula is C17H20N2O3S. The Morgan fingerprint density at radius 1 is 1.26 bits per heavy atom. The maximum Gasteiger partial charge on any atom is 0.283 e. The van der Waals surface area contributed by atoms with Crippen molar-refractivity contribution < 1.29 is 10.0 Å². The average molecular weight is 332 g/mol. The highest BCUT2D eigenvalue weighted by Crippen LogP contribution is 2.35. The van der Waals surface area contributed by atoms with E-state index in [1.165, 1.54) is 11.8 Å². The molecule has 0 aliphatic rings. The van der Waals surface area contributed by atoms with Crippen LogP contribution in [-0.2, 0) is 6.54 Å². The Balaban J connectivity index is 2.19. The number of hydrogen-bond acceptors (Lipinski definition) is 5. The van der Waals surface area contributed by atoms with Crippen LogP contribution in [0.5, 0.6) is 0 Å². The van der Waals surface area contributed by atoms with Gasteiger partial charge in [-0.05, 0) is 37.6 Å². The quantitative estimate of drug-likeness (QED) is 0.599. The highest BCUT2D eigenvalue weighted by atomic mass is 32.2. The SMILES string of the molecule is Cc1ccc(Sc2ccc(CN[C@H](C)CO)cc2[N+](=O)[O-])cc1. The van der Waals surface area contributed by atoms with Gasteiger partial charge in [0.2, 0.25) is 0 Å². The minimum Gasteiger partial charge on any atom is -0.395 e. The summed E-state index contributed by atoms with van der Waals surface area (Å²) in [6.07, 6.45) is 0. The lowest BCUT2D eigenvalue weighted by molar-refractivity contribution is -0.387. The molecule has 0 amide bonds. The molecule has 2 N–H and O–H groups in total. The summed E-state index contributed by atoms with van der Waals surface area (Å²) in [5.74, 6) is 0. The third-order valence-corrected chi connectivity index (χ3v) is 4.47. The van der Waals surface area contributed by atoms with Crippen molar-refractivity contribution in [2.75, 3.05) is 6.61 Å². The predicted molar refractivity (Wildman–Crippen MR) is 91.8 cm³/mol. The second kappa shape index (κ2) is 8.10. The summed E-state index contributed by atoms with van der Waals surface area (Å²) < 4.78 is 0. The van der Waals surface area contributed by atoms with Gasteiger partial charge in [0.25, 0.3) is 5.69 Å². The van der Waals surface area contributed by atoms with Gasteiger partial charge in [0.05, 0.1) is 16.4 Å². The molecule has 6 heteroatoms. The maximum absolute atomic E-state index is 11.3. The topological polar surface area (TPSA) is 75.4 Å². The van der Waals surface area contributed by atoms with Gasteiger partial charge < -0.3 is 10.4 Å². The van der Waals surface area contributed by atoms with Gasteiger partial charge in [-0.2, -0.15) is 0 Å². The van der Waals surface area contributed by atoms with Gasteiger partial charge in [0.15, 0.2) is 0 Å². The average Bonchev–Trinajstić information content (AvgIpc) is 2.55. The van der Waals surface area contributed by atoms with Crippen molar-refractivity contribution in [3.05, 3.63) is 63.7 Å². The molecule has 2 aromatic carbocycles. The minimum absolute atomic E-state index is 0.0312. The van der Waals surface area contributed by atoms with E-state index < -0.39 is 0 Å². The fourth-order valence-electron chi connectivity index (χ4n) is 1.99. The first-order valence-electron chi connectivity index (χ1n) is 7.35. The molecule has 0 saturated carbocycles. The molecule has 5 nitrogen and oxygen atoms in total. The van der Waals surface area contributed by atoms with E-state index in [-0.39, 0.29) is 23.3 Å². The van der Waals surface area contributed by atoms with Crippen molar-refractivity contribution in [2.45, 2.75) is 36.2 Å². The zero-order valence-corrected chi connectivity index (χ0v) is 14.0.